The van der Waals surface area contributed by atoms with Crippen molar-refractivity contribution in [2.75, 3.05) is 6.54 Å². The SMILES string of the molecule is CC[C@H](C)c1cc(C(=O)N2CCCC[C@@H]2CCC(=O)O)on1. The lowest BCUT2D eigenvalue weighted by molar-refractivity contribution is -0.137. The standard InChI is InChI=1S/C16H24N2O4/c1-3-11(2)13-10-14(22-17-13)16(21)18-9-5-4-6-12(18)7-8-15(19)20/h10-12H,3-9H2,1-2H3,(H,19,20)/t11-,12+/m0/s1. The summed E-state index contributed by atoms with van der Waals surface area (Å²) in [4.78, 5) is 25.1. The van der Waals surface area contributed by atoms with Gasteiger partial charge in [-0.25, -0.2) is 0 Å². The predicted octanol–water partition coefficient (Wildman–Crippen LogP) is 3.05. The van der Waals surface area contributed by atoms with Crippen molar-refractivity contribution < 1.29 is 19.2 Å². The zero-order chi connectivity index (χ0) is 16.1. The maximum atomic E-state index is 12.6. The number of carbonyl (C=O) groups excluding carboxylic acids is 1. The fourth-order valence-corrected chi connectivity index (χ4v) is 2.83. The van der Waals surface area contributed by atoms with Crippen molar-refractivity contribution in [2.45, 2.75) is 64.3 Å². The van der Waals surface area contributed by atoms with Crippen LogP contribution in [0.25, 0.3) is 0 Å². The van der Waals surface area contributed by atoms with Gasteiger partial charge in [-0.3, -0.25) is 9.59 Å². The van der Waals surface area contributed by atoms with Crippen molar-refractivity contribution in [3.8, 4) is 0 Å². The van der Waals surface area contributed by atoms with E-state index in [4.69, 9.17) is 9.63 Å². The van der Waals surface area contributed by atoms with Crippen LogP contribution in [-0.2, 0) is 4.79 Å². The molecule has 1 fully saturated rings. The minimum atomic E-state index is -0.823. The number of hydrogen-bond donors (Lipinski definition) is 1. The van der Waals surface area contributed by atoms with Gasteiger partial charge in [-0.05, 0) is 32.1 Å². The summed E-state index contributed by atoms with van der Waals surface area (Å²) in [5, 5.41) is 12.8. The van der Waals surface area contributed by atoms with Crippen LogP contribution < -0.4 is 0 Å². The lowest BCUT2D eigenvalue weighted by Crippen LogP contribution is -2.43. The second-order valence-corrected chi connectivity index (χ2v) is 6.01. The number of aliphatic carboxylic acids is 1. The van der Waals surface area contributed by atoms with Crippen LogP contribution in [0.1, 0.15) is 74.5 Å². The van der Waals surface area contributed by atoms with Crippen LogP contribution >= 0.6 is 0 Å². The fourth-order valence-electron chi connectivity index (χ4n) is 2.83. The van der Waals surface area contributed by atoms with Crippen molar-refractivity contribution in [1.29, 1.82) is 0 Å². The Hall–Kier alpha value is -1.85. The van der Waals surface area contributed by atoms with Gasteiger partial charge in [0, 0.05) is 31.0 Å². The van der Waals surface area contributed by atoms with Crippen molar-refractivity contribution in [2.24, 2.45) is 0 Å². The van der Waals surface area contributed by atoms with Crippen LogP contribution in [0, 0.1) is 0 Å². The van der Waals surface area contributed by atoms with E-state index in [1.165, 1.54) is 0 Å². The molecule has 0 radical (unpaired) electrons. The van der Waals surface area contributed by atoms with Crippen LogP contribution in [0.4, 0.5) is 0 Å². The maximum Gasteiger partial charge on any atom is 0.303 e. The van der Waals surface area contributed by atoms with E-state index in [0.29, 0.717) is 13.0 Å². The molecule has 2 rings (SSSR count). The molecule has 0 saturated carbocycles. The normalized spacial score (nSPS) is 19.9. The van der Waals surface area contributed by atoms with Gasteiger partial charge >= 0.3 is 5.97 Å². The Morgan fingerprint density at radius 1 is 1.50 bits per heavy atom. The van der Waals surface area contributed by atoms with E-state index in [2.05, 4.69) is 12.1 Å². The molecule has 1 amide bonds. The molecule has 1 aromatic rings. The van der Waals surface area contributed by atoms with E-state index in [0.717, 1.165) is 31.4 Å². The van der Waals surface area contributed by atoms with Gasteiger partial charge in [-0.2, -0.15) is 0 Å². The van der Waals surface area contributed by atoms with Gasteiger partial charge in [0.2, 0.25) is 5.76 Å². The van der Waals surface area contributed by atoms with Crippen LogP contribution in [0.5, 0.6) is 0 Å². The third-order valence-electron chi connectivity index (χ3n) is 4.44. The Balaban J connectivity index is 2.08. The summed E-state index contributed by atoms with van der Waals surface area (Å²) < 4.78 is 5.22. The number of rotatable bonds is 6. The highest BCUT2D eigenvalue weighted by molar-refractivity contribution is 5.91. The summed E-state index contributed by atoms with van der Waals surface area (Å²) in [6.07, 6.45) is 4.34. The Kier molecular flexibility index (Phi) is 5.57. The van der Waals surface area contributed by atoms with Crippen LogP contribution in [0.2, 0.25) is 0 Å². The lowest BCUT2D eigenvalue weighted by atomic mass is 9.97. The highest BCUT2D eigenvalue weighted by Crippen LogP contribution is 2.25. The van der Waals surface area contributed by atoms with Crippen molar-refractivity contribution in [3.63, 3.8) is 0 Å². The summed E-state index contributed by atoms with van der Waals surface area (Å²) in [7, 11) is 0. The van der Waals surface area contributed by atoms with Gasteiger partial charge in [0.15, 0.2) is 0 Å². The third kappa shape index (κ3) is 3.87. The summed E-state index contributed by atoms with van der Waals surface area (Å²) in [6, 6.07) is 1.70. The molecule has 0 bridgehead atoms. The van der Waals surface area contributed by atoms with Gasteiger partial charge < -0.3 is 14.5 Å². The summed E-state index contributed by atoms with van der Waals surface area (Å²) in [5.41, 5.74) is 0.796. The zero-order valence-electron chi connectivity index (χ0n) is 13.2. The third-order valence-corrected chi connectivity index (χ3v) is 4.44. The number of carbonyl (C=O) groups is 2. The summed E-state index contributed by atoms with van der Waals surface area (Å²) in [5.74, 6) is -0.471. The minimum absolute atomic E-state index is 0.0190. The number of aromatic nitrogens is 1. The largest absolute Gasteiger partial charge is 0.481 e. The molecule has 122 valence electrons. The first-order chi connectivity index (χ1) is 10.5. The van der Waals surface area contributed by atoms with Gasteiger partial charge in [-0.1, -0.05) is 19.0 Å². The van der Waals surface area contributed by atoms with Gasteiger partial charge in [-0.15, -0.1) is 0 Å². The second-order valence-electron chi connectivity index (χ2n) is 6.01. The van der Waals surface area contributed by atoms with Gasteiger partial charge in [0.1, 0.15) is 0 Å². The van der Waals surface area contributed by atoms with Crippen LogP contribution in [0.15, 0.2) is 10.6 Å². The Labute approximate surface area is 130 Å². The molecule has 1 aliphatic rings. The first-order valence-corrected chi connectivity index (χ1v) is 8.02. The Bertz CT molecular complexity index is 526. The van der Waals surface area contributed by atoms with E-state index < -0.39 is 5.97 Å². The fraction of sp³-hybridized carbons (Fsp3) is 0.688. The molecule has 0 unspecified atom stereocenters. The molecule has 1 N–H and O–H groups in total. The van der Waals surface area contributed by atoms with E-state index in [1.807, 2.05) is 6.92 Å². The highest BCUT2D eigenvalue weighted by Gasteiger charge is 2.30. The number of carboxylic acid groups (broad SMARTS) is 1. The van der Waals surface area contributed by atoms with E-state index >= 15 is 0 Å². The van der Waals surface area contributed by atoms with Crippen molar-refractivity contribution >= 4 is 11.9 Å². The van der Waals surface area contributed by atoms with E-state index in [-0.39, 0.29) is 30.0 Å². The molecular weight excluding hydrogens is 284 g/mol. The number of carboxylic acids is 1. The lowest BCUT2D eigenvalue weighted by Gasteiger charge is -2.34. The molecule has 0 aromatic carbocycles. The van der Waals surface area contributed by atoms with Crippen LogP contribution in [-0.4, -0.2) is 39.6 Å². The van der Waals surface area contributed by atoms with Crippen molar-refractivity contribution in [1.82, 2.24) is 10.1 Å². The van der Waals surface area contributed by atoms with Gasteiger partial charge in [0.05, 0.1) is 5.69 Å². The monoisotopic (exact) mass is 308 g/mol. The van der Waals surface area contributed by atoms with Gasteiger partial charge in [0.25, 0.3) is 5.91 Å². The molecule has 2 atom stereocenters. The molecule has 22 heavy (non-hydrogen) atoms. The average Bonchev–Trinajstić information content (AvgIpc) is 3.01. The number of nitrogens with zero attached hydrogens (tertiary/aromatic N) is 2. The number of hydrogen-bond acceptors (Lipinski definition) is 4. The molecule has 1 aliphatic heterocycles. The molecule has 2 heterocycles. The van der Waals surface area contributed by atoms with E-state index in [1.54, 1.807) is 11.0 Å². The smallest absolute Gasteiger partial charge is 0.303 e. The molecule has 0 spiro atoms. The quantitative estimate of drug-likeness (QED) is 0.873. The Morgan fingerprint density at radius 3 is 2.95 bits per heavy atom. The molecule has 1 aromatic heterocycles. The topological polar surface area (TPSA) is 83.6 Å². The summed E-state index contributed by atoms with van der Waals surface area (Å²) in [6.45, 7) is 4.76. The molecule has 6 nitrogen and oxygen atoms in total. The summed E-state index contributed by atoms with van der Waals surface area (Å²) >= 11 is 0. The molecular formula is C16H24N2O4. The van der Waals surface area contributed by atoms with Crippen LogP contribution in [0.3, 0.4) is 0 Å². The Morgan fingerprint density at radius 2 is 2.27 bits per heavy atom. The number of likely N-dealkylation sites (tertiary alicyclic amines) is 1. The number of amides is 1. The molecule has 6 heteroatoms. The zero-order valence-corrected chi connectivity index (χ0v) is 13.2. The first-order valence-electron chi connectivity index (χ1n) is 8.02. The maximum absolute atomic E-state index is 12.6. The predicted molar refractivity (Wildman–Crippen MR) is 80.8 cm³/mol. The molecule has 0 aliphatic carbocycles. The minimum Gasteiger partial charge on any atom is -0.481 e. The molecule has 1 saturated heterocycles. The number of piperidine rings is 1. The first kappa shape index (κ1) is 16.5. The highest BCUT2D eigenvalue weighted by atomic mass is 16.5. The van der Waals surface area contributed by atoms with E-state index in [9.17, 15) is 9.59 Å². The second kappa shape index (κ2) is 7.42. The van der Waals surface area contributed by atoms with Crippen molar-refractivity contribution in [3.05, 3.63) is 17.5 Å². The average molecular weight is 308 g/mol.